The summed E-state index contributed by atoms with van der Waals surface area (Å²) in [7, 11) is 0. The van der Waals surface area contributed by atoms with E-state index in [9.17, 15) is 0 Å². The summed E-state index contributed by atoms with van der Waals surface area (Å²) in [5.41, 5.74) is 9.02. The minimum absolute atomic E-state index is 0.0681. The number of hydrogen-bond donors (Lipinski definition) is 1. The quantitative estimate of drug-likeness (QED) is 0.891. The van der Waals surface area contributed by atoms with E-state index in [-0.39, 0.29) is 16.2 Å². The Balaban J connectivity index is 2.36. The number of benzene rings is 1. The van der Waals surface area contributed by atoms with Gasteiger partial charge in [-0.15, -0.1) is 0 Å². The highest BCUT2D eigenvalue weighted by Crippen LogP contribution is 2.46. The van der Waals surface area contributed by atoms with Crippen LogP contribution in [0.2, 0.25) is 0 Å². The van der Waals surface area contributed by atoms with Crippen LogP contribution in [-0.2, 0) is 10.8 Å². The normalized spacial score (nSPS) is 17.7. The molecule has 118 valence electrons. The Hall–Kier alpha value is -1.02. The maximum absolute atomic E-state index is 6.24. The van der Waals surface area contributed by atoms with Crippen molar-refractivity contribution in [1.82, 2.24) is 0 Å². The molecule has 0 aliphatic heterocycles. The van der Waals surface area contributed by atoms with E-state index in [0.29, 0.717) is 0 Å². The molecule has 2 rings (SSSR count). The third-order valence-corrected chi connectivity index (χ3v) is 4.51. The van der Waals surface area contributed by atoms with Gasteiger partial charge in [0, 0.05) is 17.5 Å². The molecule has 1 aliphatic rings. The molecule has 1 saturated carbocycles. The summed E-state index contributed by atoms with van der Waals surface area (Å²) in [5.74, 6) is 1.04. The molecule has 21 heavy (non-hydrogen) atoms. The molecule has 1 fully saturated rings. The minimum Gasteiger partial charge on any atom is -0.493 e. The van der Waals surface area contributed by atoms with Crippen molar-refractivity contribution in [2.45, 2.75) is 65.2 Å². The molecule has 0 atom stereocenters. The van der Waals surface area contributed by atoms with E-state index >= 15 is 0 Å². The zero-order chi connectivity index (χ0) is 15.9. The molecular weight excluding hydrogens is 258 g/mol. The van der Waals surface area contributed by atoms with Crippen LogP contribution in [0.15, 0.2) is 18.2 Å². The molecule has 0 unspecified atom stereocenters. The molecule has 2 heteroatoms. The van der Waals surface area contributed by atoms with Crippen LogP contribution in [0.1, 0.15) is 65.5 Å². The van der Waals surface area contributed by atoms with E-state index in [4.69, 9.17) is 10.5 Å². The largest absolute Gasteiger partial charge is 0.493 e. The Labute approximate surface area is 130 Å². The van der Waals surface area contributed by atoms with Gasteiger partial charge < -0.3 is 10.5 Å². The summed E-state index contributed by atoms with van der Waals surface area (Å²) < 4.78 is 6.24. The first-order chi connectivity index (χ1) is 9.59. The summed E-state index contributed by atoms with van der Waals surface area (Å²) in [6.07, 6.45) is 2.40. The number of rotatable bonds is 4. The van der Waals surface area contributed by atoms with Gasteiger partial charge in [-0.25, -0.2) is 0 Å². The average molecular weight is 289 g/mol. The lowest BCUT2D eigenvalue weighted by atomic mass is 9.75. The first-order valence-corrected chi connectivity index (χ1v) is 8.06. The molecule has 0 radical (unpaired) electrons. The molecule has 1 aromatic rings. The topological polar surface area (TPSA) is 35.2 Å². The first-order valence-electron chi connectivity index (χ1n) is 8.06. The monoisotopic (exact) mass is 289 g/mol. The fourth-order valence-corrected chi connectivity index (χ4v) is 2.87. The van der Waals surface area contributed by atoms with Gasteiger partial charge in [-0.05, 0) is 35.3 Å². The smallest absolute Gasteiger partial charge is 0.123 e. The summed E-state index contributed by atoms with van der Waals surface area (Å²) >= 11 is 0. The predicted octanol–water partition coefficient (Wildman–Crippen LogP) is 4.40. The van der Waals surface area contributed by atoms with Gasteiger partial charge >= 0.3 is 0 Å². The van der Waals surface area contributed by atoms with Crippen molar-refractivity contribution < 1.29 is 4.74 Å². The second-order valence-electron chi connectivity index (χ2n) is 8.67. The van der Waals surface area contributed by atoms with E-state index < -0.39 is 0 Å². The van der Waals surface area contributed by atoms with Gasteiger partial charge in [-0.3, -0.25) is 0 Å². The van der Waals surface area contributed by atoms with Crippen LogP contribution in [0.4, 0.5) is 0 Å². The van der Waals surface area contributed by atoms with Crippen LogP contribution in [0.5, 0.6) is 5.75 Å². The predicted molar refractivity (Wildman–Crippen MR) is 90.1 cm³/mol. The maximum atomic E-state index is 6.24. The maximum Gasteiger partial charge on any atom is 0.123 e. The standard InChI is InChI=1S/C19H31NO/c1-17(2,3)14-8-7-9-15(16(14)18(4,5)6)21-13-19(12-20)10-11-19/h7-9H,10-13,20H2,1-6H3. The summed E-state index contributed by atoms with van der Waals surface area (Å²) in [6.45, 7) is 15.1. The van der Waals surface area contributed by atoms with Crippen LogP contribution < -0.4 is 10.5 Å². The van der Waals surface area contributed by atoms with Crippen LogP contribution in [-0.4, -0.2) is 13.2 Å². The summed E-state index contributed by atoms with van der Waals surface area (Å²) in [6, 6.07) is 6.47. The zero-order valence-corrected chi connectivity index (χ0v) is 14.5. The number of hydrogen-bond acceptors (Lipinski definition) is 2. The van der Waals surface area contributed by atoms with Gasteiger partial charge in [-0.2, -0.15) is 0 Å². The highest BCUT2D eigenvalue weighted by molar-refractivity contribution is 5.47. The van der Waals surface area contributed by atoms with Gasteiger partial charge in [0.15, 0.2) is 0 Å². The van der Waals surface area contributed by atoms with Gasteiger partial charge in [-0.1, -0.05) is 53.7 Å². The van der Waals surface area contributed by atoms with Crippen LogP contribution >= 0.6 is 0 Å². The van der Waals surface area contributed by atoms with Crippen LogP contribution in [0.3, 0.4) is 0 Å². The summed E-state index contributed by atoms with van der Waals surface area (Å²) in [4.78, 5) is 0. The Kier molecular flexibility index (Phi) is 4.14. The molecule has 0 bridgehead atoms. The van der Waals surface area contributed by atoms with Gasteiger partial charge in [0.05, 0.1) is 6.61 Å². The lowest BCUT2D eigenvalue weighted by Crippen LogP contribution is -2.26. The van der Waals surface area contributed by atoms with Crippen molar-refractivity contribution in [3.63, 3.8) is 0 Å². The molecule has 0 aromatic heterocycles. The second kappa shape index (κ2) is 5.31. The van der Waals surface area contributed by atoms with E-state index in [0.717, 1.165) is 18.9 Å². The zero-order valence-electron chi connectivity index (χ0n) is 14.5. The van der Waals surface area contributed by atoms with Gasteiger partial charge in [0.25, 0.3) is 0 Å². The molecule has 0 spiro atoms. The van der Waals surface area contributed by atoms with E-state index in [1.807, 2.05) is 0 Å². The number of nitrogens with two attached hydrogens (primary N) is 1. The van der Waals surface area contributed by atoms with Crippen molar-refractivity contribution >= 4 is 0 Å². The van der Waals surface area contributed by atoms with E-state index in [1.54, 1.807) is 0 Å². The molecular formula is C19H31NO. The van der Waals surface area contributed by atoms with Crippen LogP contribution in [0, 0.1) is 5.41 Å². The average Bonchev–Trinajstić information content (AvgIpc) is 3.14. The van der Waals surface area contributed by atoms with E-state index in [1.165, 1.54) is 24.0 Å². The SMILES string of the molecule is CC(C)(C)c1cccc(OCC2(CN)CC2)c1C(C)(C)C. The Morgan fingerprint density at radius 1 is 1.05 bits per heavy atom. The van der Waals surface area contributed by atoms with Crippen LogP contribution in [0.25, 0.3) is 0 Å². The fraction of sp³-hybridized carbons (Fsp3) is 0.684. The molecule has 0 heterocycles. The second-order valence-corrected chi connectivity index (χ2v) is 8.67. The third-order valence-electron chi connectivity index (χ3n) is 4.51. The molecule has 1 aliphatic carbocycles. The highest BCUT2D eigenvalue weighted by atomic mass is 16.5. The molecule has 0 amide bonds. The third kappa shape index (κ3) is 3.60. The Bertz CT molecular complexity index is 501. The molecule has 0 saturated heterocycles. The van der Waals surface area contributed by atoms with E-state index in [2.05, 4.69) is 59.7 Å². The van der Waals surface area contributed by atoms with Crippen molar-refractivity contribution in [2.24, 2.45) is 11.1 Å². The van der Waals surface area contributed by atoms with Crippen molar-refractivity contribution in [3.05, 3.63) is 29.3 Å². The lowest BCUT2D eigenvalue weighted by molar-refractivity contribution is 0.233. The first kappa shape index (κ1) is 16.4. The van der Waals surface area contributed by atoms with Gasteiger partial charge in [0.2, 0.25) is 0 Å². The lowest BCUT2D eigenvalue weighted by Gasteiger charge is -2.32. The highest BCUT2D eigenvalue weighted by Gasteiger charge is 2.42. The molecule has 2 nitrogen and oxygen atoms in total. The van der Waals surface area contributed by atoms with Crippen molar-refractivity contribution in [3.8, 4) is 5.75 Å². The van der Waals surface area contributed by atoms with Gasteiger partial charge in [0.1, 0.15) is 5.75 Å². The Morgan fingerprint density at radius 2 is 1.67 bits per heavy atom. The fourth-order valence-electron chi connectivity index (χ4n) is 2.87. The van der Waals surface area contributed by atoms with Crippen molar-refractivity contribution in [1.29, 1.82) is 0 Å². The Morgan fingerprint density at radius 3 is 2.10 bits per heavy atom. The minimum atomic E-state index is 0.0681. The van der Waals surface area contributed by atoms with Crippen molar-refractivity contribution in [2.75, 3.05) is 13.2 Å². The molecule has 1 aromatic carbocycles. The molecule has 2 N–H and O–H groups in total. The number of ether oxygens (including phenoxy) is 1. The summed E-state index contributed by atoms with van der Waals surface area (Å²) in [5, 5.41) is 0.